The second-order valence-electron chi connectivity index (χ2n) is 5.18. The number of ether oxygens (including phenoxy) is 1. The van der Waals surface area contributed by atoms with E-state index in [1.165, 1.54) is 25.1 Å². The van der Waals surface area contributed by atoms with Crippen LogP contribution in [0.2, 0.25) is 0 Å². The molecular weight excluding hydrogens is 246 g/mol. The van der Waals surface area contributed by atoms with E-state index in [-0.39, 0.29) is 17.7 Å². The van der Waals surface area contributed by atoms with Crippen LogP contribution in [0.5, 0.6) is 0 Å². The summed E-state index contributed by atoms with van der Waals surface area (Å²) in [6.45, 7) is 0.756. The number of aromatic nitrogens is 1. The van der Waals surface area contributed by atoms with Crippen molar-refractivity contribution in [3.05, 3.63) is 17.8 Å². The molecule has 2 fully saturated rings. The topological polar surface area (TPSA) is 97.5 Å². The van der Waals surface area contributed by atoms with Crippen LogP contribution >= 0.6 is 0 Å². The first-order chi connectivity index (χ1) is 9.15. The van der Waals surface area contributed by atoms with Crippen LogP contribution < -0.4 is 11.1 Å². The molecule has 6 heteroatoms. The predicted molar refractivity (Wildman–Crippen MR) is 70.1 cm³/mol. The van der Waals surface area contributed by atoms with Crippen molar-refractivity contribution in [2.45, 2.75) is 31.4 Å². The zero-order valence-corrected chi connectivity index (χ0v) is 10.5. The summed E-state index contributed by atoms with van der Waals surface area (Å²) in [5.74, 6) is 0.177. The second kappa shape index (κ2) is 4.70. The highest BCUT2D eigenvalue weighted by atomic mass is 16.5. The number of carbonyl (C=O) groups is 1. The summed E-state index contributed by atoms with van der Waals surface area (Å²) < 4.78 is 5.74. The molecule has 1 aliphatic carbocycles. The molecule has 3 rings (SSSR count). The van der Waals surface area contributed by atoms with E-state index >= 15 is 0 Å². The van der Waals surface area contributed by atoms with E-state index in [0.29, 0.717) is 17.4 Å². The fraction of sp³-hybridized carbons (Fsp3) is 0.538. The summed E-state index contributed by atoms with van der Waals surface area (Å²) in [5, 5.41) is 12.2. The number of nitrogens with two attached hydrogens (primary N) is 1. The van der Waals surface area contributed by atoms with Gasteiger partial charge < -0.3 is 20.9 Å². The summed E-state index contributed by atoms with van der Waals surface area (Å²) in [4.78, 5) is 14.9. The Labute approximate surface area is 111 Å². The highest BCUT2D eigenvalue weighted by Gasteiger charge is 2.40. The summed E-state index contributed by atoms with van der Waals surface area (Å²) in [6.07, 6.45) is 4.94. The van der Waals surface area contributed by atoms with Crippen LogP contribution in [-0.2, 0) is 4.74 Å². The summed E-state index contributed by atoms with van der Waals surface area (Å²) in [6, 6.07) is 1.65. The number of hydrogen-bond acceptors (Lipinski definition) is 5. The van der Waals surface area contributed by atoms with Gasteiger partial charge >= 0.3 is 5.97 Å². The van der Waals surface area contributed by atoms with E-state index in [4.69, 9.17) is 15.6 Å². The van der Waals surface area contributed by atoms with Crippen LogP contribution in [0.1, 0.15) is 29.6 Å². The lowest BCUT2D eigenvalue weighted by atomic mass is 10.1. The number of carboxylic acid groups (broad SMARTS) is 1. The molecule has 1 aromatic heterocycles. The lowest BCUT2D eigenvalue weighted by Gasteiger charge is -2.20. The largest absolute Gasteiger partial charge is 0.478 e. The highest BCUT2D eigenvalue weighted by Crippen LogP contribution is 2.39. The first-order valence-electron chi connectivity index (χ1n) is 6.52. The third-order valence-corrected chi connectivity index (χ3v) is 3.71. The lowest BCUT2D eigenvalue weighted by Crippen LogP contribution is -2.31. The van der Waals surface area contributed by atoms with Crippen LogP contribution in [0.15, 0.2) is 12.3 Å². The average molecular weight is 263 g/mol. The van der Waals surface area contributed by atoms with Crippen LogP contribution in [0, 0.1) is 5.92 Å². The number of aromatic carboxylic acids is 1. The SMILES string of the molecule is Nc1cc(C(=O)O)cnc1NC1CCOC1C1CC1. The Morgan fingerprint density at radius 3 is 2.89 bits per heavy atom. The molecule has 2 unspecified atom stereocenters. The van der Waals surface area contributed by atoms with Crippen LogP contribution in [0.4, 0.5) is 11.5 Å². The fourth-order valence-corrected chi connectivity index (χ4v) is 2.55. The molecule has 1 aliphatic heterocycles. The summed E-state index contributed by atoms with van der Waals surface area (Å²) in [5.41, 5.74) is 6.31. The molecule has 1 saturated carbocycles. The number of rotatable bonds is 4. The number of nitrogens with zero attached hydrogens (tertiary/aromatic N) is 1. The lowest BCUT2D eigenvalue weighted by molar-refractivity contribution is 0.0696. The van der Waals surface area contributed by atoms with Crippen molar-refractivity contribution in [1.82, 2.24) is 4.98 Å². The second-order valence-corrected chi connectivity index (χ2v) is 5.18. The van der Waals surface area contributed by atoms with Gasteiger partial charge in [-0.1, -0.05) is 0 Å². The number of nitrogens with one attached hydrogen (secondary N) is 1. The molecule has 2 heterocycles. The van der Waals surface area contributed by atoms with Crippen molar-refractivity contribution < 1.29 is 14.6 Å². The molecule has 1 saturated heterocycles. The van der Waals surface area contributed by atoms with Gasteiger partial charge in [0.05, 0.1) is 23.4 Å². The van der Waals surface area contributed by atoms with Gasteiger partial charge in [-0.15, -0.1) is 0 Å². The number of hydrogen-bond donors (Lipinski definition) is 3. The Morgan fingerprint density at radius 2 is 2.26 bits per heavy atom. The quantitative estimate of drug-likeness (QED) is 0.758. The molecule has 0 spiro atoms. The van der Waals surface area contributed by atoms with Crippen molar-refractivity contribution in [2.75, 3.05) is 17.7 Å². The minimum absolute atomic E-state index is 0.101. The Hall–Kier alpha value is -1.82. The van der Waals surface area contributed by atoms with E-state index in [9.17, 15) is 4.79 Å². The highest BCUT2D eigenvalue weighted by molar-refractivity contribution is 5.89. The van der Waals surface area contributed by atoms with E-state index in [1.807, 2.05) is 0 Å². The molecule has 19 heavy (non-hydrogen) atoms. The maximum atomic E-state index is 10.8. The maximum absolute atomic E-state index is 10.8. The average Bonchev–Trinajstić information content (AvgIpc) is 3.12. The first kappa shape index (κ1) is 12.2. The van der Waals surface area contributed by atoms with Gasteiger partial charge in [-0.3, -0.25) is 0 Å². The van der Waals surface area contributed by atoms with Crippen LogP contribution in [0.3, 0.4) is 0 Å². The first-order valence-corrected chi connectivity index (χ1v) is 6.52. The van der Waals surface area contributed by atoms with E-state index in [1.54, 1.807) is 0 Å². The van der Waals surface area contributed by atoms with E-state index < -0.39 is 5.97 Å². The van der Waals surface area contributed by atoms with Crippen molar-refractivity contribution in [1.29, 1.82) is 0 Å². The Morgan fingerprint density at radius 1 is 1.47 bits per heavy atom. The molecule has 6 nitrogen and oxygen atoms in total. The molecule has 2 atom stereocenters. The number of carboxylic acids is 1. The van der Waals surface area contributed by atoms with Crippen LogP contribution in [0.25, 0.3) is 0 Å². The standard InChI is InChI=1S/C13H17N3O3/c14-9-5-8(13(17)18)6-15-12(9)16-10-3-4-19-11(10)7-1-2-7/h5-7,10-11H,1-4,14H2,(H,15,16)(H,17,18). The normalized spacial score (nSPS) is 26.3. The van der Waals surface area contributed by atoms with Crippen molar-refractivity contribution in [3.8, 4) is 0 Å². The molecule has 4 N–H and O–H groups in total. The van der Waals surface area contributed by atoms with Crippen LogP contribution in [-0.4, -0.2) is 34.8 Å². The molecule has 0 amide bonds. The molecular formula is C13H17N3O3. The van der Waals surface area contributed by atoms with Gasteiger partial charge in [0, 0.05) is 12.8 Å². The van der Waals surface area contributed by atoms with Gasteiger partial charge in [-0.25, -0.2) is 9.78 Å². The summed E-state index contributed by atoms with van der Waals surface area (Å²) >= 11 is 0. The van der Waals surface area contributed by atoms with Crippen molar-refractivity contribution in [2.24, 2.45) is 5.92 Å². The Kier molecular flexibility index (Phi) is 3.02. The van der Waals surface area contributed by atoms with Crippen molar-refractivity contribution in [3.63, 3.8) is 0 Å². The van der Waals surface area contributed by atoms with Gasteiger partial charge in [0.25, 0.3) is 0 Å². The zero-order valence-electron chi connectivity index (χ0n) is 10.5. The molecule has 0 bridgehead atoms. The monoisotopic (exact) mass is 263 g/mol. The Balaban J connectivity index is 1.73. The summed E-state index contributed by atoms with van der Waals surface area (Å²) in [7, 11) is 0. The third kappa shape index (κ3) is 2.49. The molecule has 0 radical (unpaired) electrons. The number of pyridine rings is 1. The van der Waals surface area contributed by atoms with Gasteiger partial charge in [0.15, 0.2) is 0 Å². The molecule has 2 aliphatic rings. The number of nitrogen functional groups attached to an aromatic ring is 1. The third-order valence-electron chi connectivity index (χ3n) is 3.71. The van der Waals surface area contributed by atoms with Crippen molar-refractivity contribution >= 4 is 17.5 Å². The minimum atomic E-state index is -1.02. The van der Waals surface area contributed by atoms with E-state index in [2.05, 4.69) is 10.3 Å². The van der Waals surface area contributed by atoms with Gasteiger partial charge in [-0.05, 0) is 31.2 Å². The van der Waals surface area contributed by atoms with Gasteiger partial charge in [-0.2, -0.15) is 0 Å². The fourth-order valence-electron chi connectivity index (χ4n) is 2.55. The van der Waals surface area contributed by atoms with Gasteiger partial charge in [0.1, 0.15) is 5.82 Å². The van der Waals surface area contributed by atoms with E-state index in [0.717, 1.165) is 13.0 Å². The number of anilines is 2. The Bertz CT molecular complexity index is 502. The molecule has 0 aromatic carbocycles. The maximum Gasteiger partial charge on any atom is 0.337 e. The zero-order chi connectivity index (χ0) is 13.4. The molecule has 1 aromatic rings. The minimum Gasteiger partial charge on any atom is -0.478 e. The predicted octanol–water partition coefficient (Wildman–Crippen LogP) is 1.34. The smallest absolute Gasteiger partial charge is 0.337 e. The van der Waals surface area contributed by atoms with Gasteiger partial charge in [0.2, 0.25) is 0 Å². The molecule has 102 valence electrons.